The Morgan fingerprint density at radius 2 is 1.32 bits per heavy atom. The van der Waals surface area contributed by atoms with Gasteiger partial charge in [0.1, 0.15) is 49.3 Å². The lowest BCUT2D eigenvalue weighted by Crippen LogP contribution is -2.66. The van der Waals surface area contributed by atoms with Crippen LogP contribution in [0, 0.1) is 0 Å². The van der Waals surface area contributed by atoms with E-state index in [1.807, 2.05) is 48.5 Å². The van der Waals surface area contributed by atoms with E-state index >= 15 is 0 Å². The van der Waals surface area contributed by atoms with Gasteiger partial charge in [0.15, 0.2) is 36.9 Å². The quantitative estimate of drug-likeness (QED) is 0.0717. The number of carbonyl (C=O) groups is 6. The molecule has 22 heteroatoms. The molecule has 2 aromatic rings. The minimum Gasteiger partial charge on any atom is -0.463 e. The summed E-state index contributed by atoms with van der Waals surface area (Å²) in [6.07, 6.45) is -17.7. The maximum Gasteiger partial charge on any atom is 0.407 e. The van der Waals surface area contributed by atoms with Crippen molar-refractivity contribution in [1.29, 1.82) is 0 Å². The number of azide groups is 1. The summed E-state index contributed by atoms with van der Waals surface area (Å²) < 4.78 is 57.1. The van der Waals surface area contributed by atoms with E-state index in [0.717, 1.165) is 49.9 Å². The van der Waals surface area contributed by atoms with Gasteiger partial charge in [0.05, 0.1) is 12.7 Å². The fraction of sp³-hybridized carbons (Fsp3) is 0.581. The maximum absolute atomic E-state index is 13.8. The smallest absolute Gasteiger partial charge is 0.407 e. The Balaban J connectivity index is 1.43. The maximum atomic E-state index is 13.8. The molecule has 2 heterocycles. The Morgan fingerprint density at radius 3 is 1.86 bits per heavy atom. The van der Waals surface area contributed by atoms with Gasteiger partial charge in [0.2, 0.25) is 0 Å². The second-order valence-electron chi connectivity index (χ2n) is 16.4. The molecule has 2 fully saturated rings. The Bertz CT molecular complexity index is 2060. The average Bonchev–Trinajstić information content (AvgIpc) is 3.54. The first kappa shape index (κ1) is 50.1. The molecule has 2 saturated heterocycles. The Labute approximate surface area is 373 Å². The number of amides is 1. The first-order valence-electron chi connectivity index (χ1n) is 20.7. The number of aliphatic hydroxyl groups is 2. The molecule has 0 bridgehead atoms. The van der Waals surface area contributed by atoms with Crippen LogP contribution in [0.2, 0.25) is 0 Å². The molecular formula is C43H54N4O18. The average molecular weight is 915 g/mol. The van der Waals surface area contributed by atoms with Crippen molar-refractivity contribution in [2.24, 2.45) is 5.11 Å². The van der Waals surface area contributed by atoms with Crippen molar-refractivity contribution in [3.8, 4) is 11.1 Å². The molecule has 0 unspecified atom stereocenters. The van der Waals surface area contributed by atoms with E-state index in [9.17, 15) is 44.5 Å². The minimum absolute atomic E-state index is 0.102. The third-order valence-electron chi connectivity index (χ3n) is 10.3. The van der Waals surface area contributed by atoms with Crippen molar-refractivity contribution >= 4 is 35.9 Å². The highest BCUT2D eigenvalue weighted by molar-refractivity contribution is 5.83. The number of esters is 5. The molecule has 2 aromatic carbocycles. The molecule has 2 aliphatic heterocycles. The van der Waals surface area contributed by atoms with Crippen LogP contribution in [0.25, 0.3) is 21.6 Å². The number of ether oxygens (including phenoxy) is 10. The summed E-state index contributed by atoms with van der Waals surface area (Å²) >= 11 is 0. The van der Waals surface area contributed by atoms with Crippen molar-refractivity contribution in [2.45, 2.75) is 140 Å². The number of nitrogens with one attached hydrogen (secondary N) is 1. The molecule has 0 radical (unpaired) electrons. The highest BCUT2D eigenvalue weighted by Crippen LogP contribution is 2.44. The van der Waals surface area contributed by atoms with Gasteiger partial charge in [0.25, 0.3) is 0 Å². The highest BCUT2D eigenvalue weighted by Gasteiger charge is 2.56. The molecule has 3 N–H and O–H groups in total. The molecule has 354 valence electrons. The van der Waals surface area contributed by atoms with Crippen LogP contribution in [0.1, 0.15) is 72.4 Å². The molecule has 12 atom stereocenters. The highest BCUT2D eigenvalue weighted by atomic mass is 16.8. The van der Waals surface area contributed by atoms with Crippen LogP contribution in [0.4, 0.5) is 4.79 Å². The number of rotatable bonds is 16. The summed E-state index contributed by atoms with van der Waals surface area (Å²) in [5.41, 5.74) is 12.6. The van der Waals surface area contributed by atoms with E-state index < -0.39 is 128 Å². The third-order valence-corrected chi connectivity index (χ3v) is 10.3. The lowest BCUT2D eigenvalue weighted by atomic mass is 9.95. The van der Waals surface area contributed by atoms with Crippen LogP contribution in [-0.4, -0.2) is 145 Å². The standard InChI is InChI=1S/C43H54N4O18/c1-20(32(39(54)65-43(6,7)8)45-42(55)57-18-29-27-15-11-9-13-25(27)26-14-10-12-16-28(26)29)58-40-33(46-47-44)36(34(53)30(17-48)62-40)64-41-38(61-24(5)52)37(60-23(4)51)35(59-22(3)50)31(63-41)19-56-21(2)49/h9-16,20,29-38,40-41,48,53H,17-19H2,1-8H3,(H,45,55)/t20-,30-,31-,32+,33-,34+,35+,36-,37+,38-,40+,41+/m1/s1. The van der Waals surface area contributed by atoms with Crippen LogP contribution in [0.5, 0.6) is 0 Å². The molecular weight excluding hydrogens is 860 g/mol. The normalized spacial score (nSPS) is 27.0. The van der Waals surface area contributed by atoms with Gasteiger partial charge < -0.3 is 62.9 Å². The summed E-state index contributed by atoms with van der Waals surface area (Å²) in [6.45, 7) is 8.72. The summed E-state index contributed by atoms with van der Waals surface area (Å²) in [7, 11) is 0. The monoisotopic (exact) mass is 914 g/mol. The van der Waals surface area contributed by atoms with Gasteiger partial charge in [0, 0.05) is 38.5 Å². The number of hydrogen-bond acceptors (Lipinski definition) is 19. The third kappa shape index (κ3) is 12.7. The van der Waals surface area contributed by atoms with E-state index in [4.69, 9.17) is 47.4 Å². The van der Waals surface area contributed by atoms with Crippen molar-refractivity contribution in [2.75, 3.05) is 19.8 Å². The van der Waals surface area contributed by atoms with E-state index in [-0.39, 0.29) is 12.5 Å². The second kappa shape index (κ2) is 21.9. The number of benzene rings is 2. The summed E-state index contributed by atoms with van der Waals surface area (Å²) in [5, 5.41) is 28.2. The molecule has 0 saturated carbocycles. The zero-order chi connectivity index (χ0) is 47.7. The number of aliphatic hydroxyl groups excluding tert-OH is 2. The van der Waals surface area contributed by atoms with Gasteiger partial charge >= 0.3 is 35.9 Å². The van der Waals surface area contributed by atoms with E-state index in [1.54, 1.807) is 20.8 Å². The largest absolute Gasteiger partial charge is 0.463 e. The molecule has 22 nitrogen and oxygen atoms in total. The van der Waals surface area contributed by atoms with Crippen LogP contribution in [-0.2, 0) is 71.3 Å². The summed E-state index contributed by atoms with van der Waals surface area (Å²) in [4.78, 5) is 79.2. The SMILES string of the molecule is CC(=O)OC[C@H]1O[C@@H](O[C@H]2[C@@H](O)[C@@H](CO)O[C@H](O[C@H](C)[C@H](NC(=O)OCC3c4ccccc4-c4ccccc43)C(=O)OC(C)(C)C)[C@@H]2N=[N+]=[N-])[C@H](OC(C)=O)[C@@H](OC(C)=O)[C@H]1OC(C)=O. The predicted octanol–water partition coefficient (Wildman–Crippen LogP) is 2.87. The van der Waals surface area contributed by atoms with Crippen LogP contribution in [0.15, 0.2) is 53.6 Å². The van der Waals surface area contributed by atoms with E-state index in [2.05, 4.69) is 15.3 Å². The van der Waals surface area contributed by atoms with Crippen LogP contribution in [0.3, 0.4) is 0 Å². The van der Waals surface area contributed by atoms with Gasteiger partial charge in [-0.2, -0.15) is 0 Å². The summed E-state index contributed by atoms with van der Waals surface area (Å²) in [5.74, 6) is -4.82. The molecule has 65 heavy (non-hydrogen) atoms. The topological polar surface area (TPSA) is 296 Å². The van der Waals surface area contributed by atoms with Gasteiger partial charge in [-0.3, -0.25) is 19.2 Å². The van der Waals surface area contributed by atoms with Gasteiger partial charge in [-0.15, -0.1) is 0 Å². The van der Waals surface area contributed by atoms with Crippen molar-refractivity contribution in [3.63, 3.8) is 0 Å². The first-order chi connectivity index (χ1) is 30.7. The molecule has 5 rings (SSSR count). The Morgan fingerprint density at radius 1 is 0.769 bits per heavy atom. The van der Waals surface area contributed by atoms with Gasteiger partial charge in [-0.1, -0.05) is 53.6 Å². The van der Waals surface area contributed by atoms with Crippen LogP contribution < -0.4 is 5.32 Å². The lowest BCUT2D eigenvalue weighted by molar-refractivity contribution is -0.347. The lowest BCUT2D eigenvalue weighted by Gasteiger charge is -2.48. The fourth-order valence-electron chi connectivity index (χ4n) is 7.75. The van der Waals surface area contributed by atoms with Gasteiger partial charge in [-0.25, -0.2) is 9.59 Å². The molecule has 3 aliphatic rings. The molecule has 0 aromatic heterocycles. The zero-order valence-electron chi connectivity index (χ0n) is 37.0. The number of hydrogen-bond donors (Lipinski definition) is 3. The molecule has 0 spiro atoms. The zero-order valence-corrected chi connectivity index (χ0v) is 37.0. The molecule has 1 amide bonds. The molecule has 1 aliphatic carbocycles. The number of alkyl carbamates (subject to hydrolysis) is 1. The van der Waals surface area contributed by atoms with E-state index in [0.29, 0.717) is 0 Å². The fourth-order valence-corrected chi connectivity index (χ4v) is 7.75. The van der Waals surface area contributed by atoms with Crippen molar-refractivity contribution < 1.29 is 86.3 Å². The second-order valence-corrected chi connectivity index (χ2v) is 16.4. The Hall–Kier alpha value is -5.87. The number of nitrogens with zero attached hydrogens (tertiary/aromatic N) is 3. The first-order valence-corrected chi connectivity index (χ1v) is 20.7. The minimum atomic E-state index is -1.88. The summed E-state index contributed by atoms with van der Waals surface area (Å²) in [6, 6.07) is 12.1. The Kier molecular flexibility index (Phi) is 16.9. The van der Waals surface area contributed by atoms with Crippen molar-refractivity contribution in [3.05, 3.63) is 70.1 Å². The number of fused-ring (bicyclic) bond motifs is 3. The van der Waals surface area contributed by atoms with E-state index in [1.165, 1.54) is 6.92 Å². The number of carbonyl (C=O) groups excluding carboxylic acids is 6. The van der Waals surface area contributed by atoms with Crippen molar-refractivity contribution in [1.82, 2.24) is 5.32 Å². The predicted molar refractivity (Wildman–Crippen MR) is 220 cm³/mol. The van der Waals surface area contributed by atoms with Gasteiger partial charge in [-0.05, 0) is 55.5 Å². The van der Waals surface area contributed by atoms with Crippen LogP contribution >= 0.6 is 0 Å².